The van der Waals surface area contributed by atoms with Gasteiger partial charge in [0.25, 0.3) is 5.91 Å². The Morgan fingerprint density at radius 1 is 1.26 bits per heavy atom. The molecule has 1 atom stereocenters. The van der Waals surface area contributed by atoms with Crippen LogP contribution in [0.4, 0.5) is 0 Å². The monoisotopic (exact) mass is 479 g/mol. The van der Waals surface area contributed by atoms with Gasteiger partial charge in [-0.1, -0.05) is 30.3 Å². The average Bonchev–Trinajstić information content (AvgIpc) is 3.57. The number of carbonyl (C=O) groups excluding carboxylic acids is 1. The molecule has 0 bridgehead atoms. The van der Waals surface area contributed by atoms with Gasteiger partial charge in [0.1, 0.15) is 5.01 Å². The number of hydrogen-bond acceptors (Lipinski definition) is 7. The number of carbonyl (C=O) groups is 1. The van der Waals surface area contributed by atoms with E-state index in [1.54, 1.807) is 30.6 Å². The summed E-state index contributed by atoms with van der Waals surface area (Å²) in [5.41, 5.74) is 2.47. The lowest BCUT2D eigenvalue weighted by molar-refractivity contribution is -0.0439. The predicted molar refractivity (Wildman–Crippen MR) is 132 cm³/mol. The summed E-state index contributed by atoms with van der Waals surface area (Å²) in [6, 6.07) is 13.9. The third-order valence-electron chi connectivity index (χ3n) is 6.01. The van der Waals surface area contributed by atoms with Crippen molar-refractivity contribution in [3.8, 4) is 27.8 Å². The number of nitrogens with one attached hydrogen (secondary N) is 1. The molecule has 1 aromatic heterocycles. The number of benzene rings is 2. The lowest BCUT2D eigenvalue weighted by Gasteiger charge is -2.25. The first-order valence-electron chi connectivity index (χ1n) is 11.5. The number of ether oxygens (including phenoxy) is 3. The molecule has 1 amide bonds. The maximum atomic E-state index is 13.8. The van der Waals surface area contributed by atoms with E-state index in [0.717, 1.165) is 35.7 Å². The Labute approximate surface area is 203 Å². The van der Waals surface area contributed by atoms with E-state index in [9.17, 15) is 4.79 Å². The van der Waals surface area contributed by atoms with E-state index in [0.29, 0.717) is 35.9 Å². The third-order valence-corrected chi connectivity index (χ3v) is 6.95. The molecule has 1 saturated heterocycles. The highest BCUT2D eigenvalue weighted by Crippen LogP contribution is 2.46. The number of aromatic nitrogens is 1. The number of fused-ring (bicyclic) bond motifs is 1. The number of methoxy groups -OCH3 is 1. The van der Waals surface area contributed by atoms with Crippen molar-refractivity contribution < 1.29 is 19.0 Å². The fourth-order valence-electron chi connectivity index (χ4n) is 4.43. The summed E-state index contributed by atoms with van der Waals surface area (Å²) in [6.45, 7) is 5.69. The normalized spacial score (nSPS) is 18.1. The van der Waals surface area contributed by atoms with Gasteiger partial charge in [-0.25, -0.2) is 4.98 Å². The SMILES string of the molecule is COc1cc(C(=O)N(Cc2csc(-c3ccccc3)n2)CC2CCCN2)cc2c1OC(C)(C)O2. The molecule has 1 N–H and O–H groups in total. The van der Waals surface area contributed by atoms with Crippen molar-refractivity contribution in [3.05, 3.63) is 59.1 Å². The lowest BCUT2D eigenvalue weighted by atomic mass is 10.1. The van der Waals surface area contributed by atoms with Crippen molar-refractivity contribution in [3.63, 3.8) is 0 Å². The Kier molecular flexibility index (Phi) is 6.18. The second-order valence-electron chi connectivity index (χ2n) is 9.10. The van der Waals surface area contributed by atoms with E-state index >= 15 is 0 Å². The molecule has 0 spiro atoms. The minimum atomic E-state index is -0.806. The molecule has 2 aliphatic rings. The quantitative estimate of drug-likeness (QED) is 0.529. The van der Waals surface area contributed by atoms with Gasteiger partial charge >= 0.3 is 0 Å². The zero-order chi connectivity index (χ0) is 23.7. The van der Waals surface area contributed by atoms with E-state index < -0.39 is 5.79 Å². The minimum Gasteiger partial charge on any atom is -0.493 e. The van der Waals surface area contributed by atoms with Crippen LogP contribution < -0.4 is 19.5 Å². The first kappa shape index (κ1) is 22.7. The highest BCUT2D eigenvalue weighted by molar-refractivity contribution is 7.13. The van der Waals surface area contributed by atoms with Crippen molar-refractivity contribution in [2.45, 2.75) is 45.1 Å². The van der Waals surface area contributed by atoms with Gasteiger partial charge in [0.15, 0.2) is 11.5 Å². The van der Waals surface area contributed by atoms with Crippen LogP contribution in [0.25, 0.3) is 10.6 Å². The van der Waals surface area contributed by atoms with E-state index in [-0.39, 0.29) is 11.9 Å². The molecule has 0 radical (unpaired) electrons. The maximum Gasteiger partial charge on any atom is 0.254 e. The first-order valence-corrected chi connectivity index (χ1v) is 12.4. The highest BCUT2D eigenvalue weighted by atomic mass is 32.1. The Balaban J connectivity index is 1.42. The molecular formula is C26H29N3O4S. The van der Waals surface area contributed by atoms with Crippen LogP contribution in [0.2, 0.25) is 0 Å². The molecule has 1 unspecified atom stereocenters. The molecular weight excluding hydrogens is 450 g/mol. The zero-order valence-electron chi connectivity index (χ0n) is 19.7. The zero-order valence-corrected chi connectivity index (χ0v) is 20.5. The second kappa shape index (κ2) is 9.27. The number of nitrogens with zero attached hydrogens (tertiary/aromatic N) is 2. The van der Waals surface area contributed by atoms with Crippen LogP contribution in [-0.4, -0.2) is 47.8 Å². The number of amides is 1. The van der Waals surface area contributed by atoms with Crippen molar-refractivity contribution >= 4 is 17.2 Å². The summed E-state index contributed by atoms with van der Waals surface area (Å²) in [5, 5.41) is 6.49. The molecule has 5 rings (SSSR count). The fraction of sp³-hybridized carbons (Fsp3) is 0.385. The Hall–Kier alpha value is -3.10. The lowest BCUT2D eigenvalue weighted by Crippen LogP contribution is -2.40. The van der Waals surface area contributed by atoms with Gasteiger partial charge in [-0.3, -0.25) is 4.79 Å². The summed E-state index contributed by atoms with van der Waals surface area (Å²) < 4.78 is 17.3. The van der Waals surface area contributed by atoms with E-state index in [4.69, 9.17) is 19.2 Å². The van der Waals surface area contributed by atoms with Gasteiger partial charge in [-0.2, -0.15) is 0 Å². The molecule has 2 aromatic carbocycles. The molecule has 2 aliphatic heterocycles. The van der Waals surface area contributed by atoms with Crippen LogP contribution in [-0.2, 0) is 6.54 Å². The van der Waals surface area contributed by atoms with Gasteiger partial charge in [0, 0.05) is 42.9 Å². The van der Waals surface area contributed by atoms with Crippen LogP contribution in [0.1, 0.15) is 42.7 Å². The maximum absolute atomic E-state index is 13.8. The molecule has 3 aromatic rings. The second-order valence-corrected chi connectivity index (χ2v) is 9.96. The first-order chi connectivity index (χ1) is 16.4. The number of thiazole rings is 1. The van der Waals surface area contributed by atoms with Gasteiger partial charge in [0.05, 0.1) is 19.3 Å². The largest absolute Gasteiger partial charge is 0.493 e. The fourth-order valence-corrected chi connectivity index (χ4v) is 5.25. The molecule has 178 valence electrons. The van der Waals surface area contributed by atoms with Crippen LogP contribution in [0.3, 0.4) is 0 Å². The minimum absolute atomic E-state index is 0.0858. The Bertz CT molecular complexity index is 1170. The highest BCUT2D eigenvalue weighted by Gasteiger charge is 2.36. The van der Waals surface area contributed by atoms with Gasteiger partial charge < -0.3 is 24.4 Å². The van der Waals surface area contributed by atoms with Crippen LogP contribution in [0, 0.1) is 0 Å². The van der Waals surface area contributed by atoms with E-state index in [1.165, 1.54) is 0 Å². The molecule has 8 heteroatoms. The summed E-state index contributed by atoms with van der Waals surface area (Å²) >= 11 is 1.60. The number of hydrogen-bond donors (Lipinski definition) is 1. The third kappa shape index (κ3) is 4.74. The van der Waals surface area contributed by atoms with Crippen LogP contribution >= 0.6 is 11.3 Å². The standard InChI is InChI=1S/C26H29N3O4S/c1-26(2)32-22-13-18(12-21(31-3)23(22)33-26)25(30)29(14-19-10-7-11-27-19)15-20-16-34-24(28-20)17-8-5-4-6-9-17/h4-6,8-9,12-13,16,19,27H,7,10-11,14-15H2,1-3H3. The van der Waals surface area contributed by atoms with Crippen molar-refractivity contribution in [1.82, 2.24) is 15.2 Å². The van der Waals surface area contributed by atoms with E-state index in [1.807, 2.05) is 54.5 Å². The average molecular weight is 480 g/mol. The molecule has 3 heterocycles. The van der Waals surface area contributed by atoms with Crippen LogP contribution in [0.15, 0.2) is 47.8 Å². The van der Waals surface area contributed by atoms with Gasteiger partial charge in [-0.15, -0.1) is 11.3 Å². The molecule has 0 saturated carbocycles. The smallest absolute Gasteiger partial charge is 0.254 e. The molecule has 34 heavy (non-hydrogen) atoms. The van der Waals surface area contributed by atoms with Gasteiger partial charge in [-0.05, 0) is 31.5 Å². The van der Waals surface area contributed by atoms with E-state index in [2.05, 4.69) is 5.32 Å². The Morgan fingerprint density at radius 3 is 2.82 bits per heavy atom. The molecule has 7 nitrogen and oxygen atoms in total. The van der Waals surface area contributed by atoms with Crippen molar-refractivity contribution in [2.24, 2.45) is 0 Å². The molecule has 0 aliphatic carbocycles. The summed E-state index contributed by atoms with van der Waals surface area (Å²) in [7, 11) is 1.57. The van der Waals surface area contributed by atoms with Crippen LogP contribution in [0.5, 0.6) is 17.2 Å². The Morgan fingerprint density at radius 2 is 2.09 bits per heavy atom. The molecule has 1 fully saturated rings. The van der Waals surface area contributed by atoms with Crippen molar-refractivity contribution in [1.29, 1.82) is 0 Å². The van der Waals surface area contributed by atoms with Crippen molar-refractivity contribution in [2.75, 3.05) is 20.2 Å². The van der Waals surface area contributed by atoms with Gasteiger partial charge in [0.2, 0.25) is 11.5 Å². The predicted octanol–water partition coefficient (Wildman–Crippen LogP) is 4.72. The summed E-state index contributed by atoms with van der Waals surface area (Å²) in [4.78, 5) is 20.5. The summed E-state index contributed by atoms with van der Waals surface area (Å²) in [5.74, 6) is 0.647. The number of rotatable bonds is 7. The summed E-state index contributed by atoms with van der Waals surface area (Å²) in [6.07, 6.45) is 2.17. The topological polar surface area (TPSA) is 72.9 Å².